The van der Waals surface area contributed by atoms with Crippen LogP contribution in [0, 0.1) is 5.92 Å². The van der Waals surface area contributed by atoms with Crippen LogP contribution >= 0.6 is 7.37 Å². The fourth-order valence-corrected chi connectivity index (χ4v) is 2.17. The minimum atomic E-state index is -3.80. The average molecular weight is 239 g/mol. The maximum absolute atomic E-state index is 11.4. The number of carboxylic acid groups (broad SMARTS) is 2. The number of rotatable bonds is 6. The van der Waals surface area contributed by atoms with Gasteiger partial charge in [0.2, 0.25) is 7.37 Å². The molecule has 3 unspecified atom stereocenters. The van der Waals surface area contributed by atoms with Gasteiger partial charge in [-0.15, -0.1) is 0 Å². The van der Waals surface area contributed by atoms with E-state index in [2.05, 4.69) is 0 Å². The Morgan fingerprint density at radius 3 is 2.13 bits per heavy atom. The lowest BCUT2D eigenvalue weighted by Gasteiger charge is -2.18. The summed E-state index contributed by atoms with van der Waals surface area (Å²) in [6.07, 6.45) is -1.31. The second-order valence-corrected chi connectivity index (χ2v) is 6.00. The van der Waals surface area contributed by atoms with E-state index in [1.807, 2.05) is 0 Å². The third-order valence-corrected chi connectivity index (χ3v) is 4.13. The fourth-order valence-electron chi connectivity index (χ4n) is 0.923. The minimum Gasteiger partial charge on any atom is -0.481 e. The van der Waals surface area contributed by atoms with Gasteiger partial charge in [-0.25, -0.2) is 0 Å². The molecule has 15 heavy (non-hydrogen) atoms. The molecular weight excluding hydrogens is 225 g/mol. The van der Waals surface area contributed by atoms with Crippen LogP contribution in [0.1, 0.15) is 13.3 Å². The highest BCUT2D eigenvalue weighted by Gasteiger charge is 2.33. The van der Waals surface area contributed by atoms with Gasteiger partial charge in [0.15, 0.2) is 0 Å². The molecule has 5 N–H and O–H groups in total. The summed E-state index contributed by atoms with van der Waals surface area (Å²) in [4.78, 5) is 30.2. The molecule has 0 spiro atoms. The standard InChI is InChI=1S/C7H14NO6P/c1-4(8)15(13,14)3-5(7(11)12)2-6(9)10/h4-5H,2-3,8H2,1H3,(H,9,10)(H,11,12)(H,13,14). The molecule has 0 aromatic carbocycles. The van der Waals surface area contributed by atoms with Gasteiger partial charge in [0.05, 0.1) is 18.1 Å². The van der Waals surface area contributed by atoms with Crippen molar-refractivity contribution in [1.29, 1.82) is 0 Å². The minimum absolute atomic E-state index is 0.619. The highest BCUT2D eigenvalue weighted by atomic mass is 31.2. The molecule has 0 saturated heterocycles. The number of aliphatic carboxylic acids is 2. The van der Waals surface area contributed by atoms with E-state index in [-0.39, 0.29) is 0 Å². The van der Waals surface area contributed by atoms with E-state index in [0.717, 1.165) is 0 Å². The predicted molar refractivity (Wildman–Crippen MR) is 51.7 cm³/mol. The first-order valence-corrected chi connectivity index (χ1v) is 6.10. The maximum Gasteiger partial charge on any atom is 0.307 e. The van der Waals surface area contributed by atoms with Crippen molar-refractivity contribution in [3.63, 3.8) is 0 Å². The molecule has 0 aromatic heterocycles. The lowest BCUT2D eigenvalue weighted by atomic mass is 10.1. The van der Waals surface area contributed by atoms with Gasteiger partial charge in [0.25, 0.3) is 0 Å². The Bertz CT molecular complexity index is 302. The van der Waals surface area contributed by atoms with Crippen molar-refractivity contribution in [2.75, 3.05) is 6.16 Å². The second-order valence-electron chi connectivity index (χ2n) is 3.31. The van der Waals surface area contributed by atoms with E-state index in [1.165, 1.54) is 6.92 Å². The molecule has 0 heterocycles. The average Bonchev–Trinajstić information content (AvgIpc) is 2.01. The molecule has 8 heteroatoms. The summed E-state index contributed by atoms with van der Waals surface area (Å²) in [5.74, 6) is -5.18. The number of hydrogen-bond acceptors (Lipinski definition) is 4. The zero-order valence-corrected chi connectivity index (χ0v) is 9.05. The molecule has 0 saturated carbocycles. The Kier molecular flexibility index (Phi) is 4.93. The van der Waals surface area contributed by atoms with Crippen LogP contribution in [-0.2, 0) is 14.2 Å². The molecule has 88 valence electrons. The van der Waals surface area contributed by atoms with Gasteiger partial charge in [0.1, 0.15) is 0 Å². The number of carbonyl (C=O) groups is 2. The molecule has 0 aromatic rings. The van der Waals surface area contributed by atoms with Crippen molar-refractivity contribution >= 4 is 19.3 Å². The van der Waals surface area contributed by atoms with Crippen molar-refractivity contribution in [2.45, 2.75) is 19.1 Å². The van der Waals surface area contributed by atoms with Gasteiger partial charge in [-0.1, -0.05) is 0 Å². The van der Waals surface area contributed by atoms with Crippen molar-refractivity contribution < 1.29 is 29.3 Å². The molecule has 0 aliphatic rings. The molecule has 0 radical (unpaired) electrons. The molecule has 0 bridgehead atoms. The van der Waals surface area contributed by atoms with Gasteiger partial charge in [0, 0.05) is 6.16 Å². The topological polar surface area (TPSA) is 138 Å². The Morgan fingerprint density at radius 2 is 1.87 bits per heavy atom. The first-order valence-electron chi connectivity index (χ1n) is 4.18. The SMILES string of the molecule is CC(N)P(=O)(O)CC(CC(=O)O)C(=O)O. The van der Waals surface area contributed by atoms with E-state index in [0.29, 0.717) is 0 Å². The zero-order valence-electron chi connectivity index (χ0n) is 8.16. The lowest BCUT2D eigenvalue weighted by Crippen LogP contribution is -2.26. The molecule has 0 aliphatic heterocycles. The Balaban J connectivity index is 4.62. The van der Waals surface area contributed by atoms with Crippen molar-refractivity contribution in [2.24, 2.45) is 11.7 Å². The molecule has 0 amide bonds. The largest absolute Gasteiger partial charge is 0.481 e. The van der Waals surface area contributed by atoms with Crippen LogP contribution in [0.25, 0.3) is 0 Å². The molecule has 7 nitrogen and oxygen atoms in total. The zero-order chi connectivity index (χ0) is 12.2. The normalized spacial score (nSPS) is 18.9. The van der Waals surface area contributed by atoms with E-state index < -0.39 is 43.6 Å². The first kappa shape index (κ1) is 14.1. The quantitative estimate of drug-likeness (QED) is 0.468. The van der Waals surface area contributed by atoms with Crippen LogP contribution in [0.15, 0.2) is 0 Å². The number of carboxylic acids is 2. The van der Waals surface area contributed by atoms with E-state index >= 15 is 0 Å². The molecule has 0 aliphatic carbocycles. The van der Waals surface area contributed by atoms with Gasteiger partial charge < -0.3 is 20.8 Å². The highest BCUT2D eigenvalue weighted by molar-refractivity contribution is 7.58. The summed E-state index contributed by atoms with van der Waals surface area (Å²) in [5, 5.41) is 17.0. The van der Waals surface area contributed by atoms with Gasteiger partial charge >= 0.3 is 11.9 Å². The van der Waals surface area contributed by atoms with Crippen molar-refractivity contribution in [3.8, 4) is 0 Å². The van der Waals surface area contributed by atoms with Gasteiger partial charge in [-0.3, -0.25) is 14.2 Å². The van der Waals surface area contributed by atoms with Crippen molar-refractivity contribution in [3.05, 3.63) is 0 Å². The Labute approximate surface area is 86.4 Å². The first-order chi connectivity index (χ1) is 6.66. The van der Waals surface area contributed by atoms with Crippen LogP contribution in [-0.4, -0.2) is 39.0 Å². The number of hydrogen-bond donors (Lipinski definition) is 4. The summed E-state index contributed by atoms with van der Waals surface area (Å²) >= 11 is 0. The predicted octanol–water partition coefficient (Wildman–Crippen LogP) is -0.263. The monoisotopic (exact) mass is 239 g/mol. The van der Waals surface area contributed by atoms with Crippen LogP contribution in [0.4, 0.5) is 0 Å². The summed E-state index contributed by atoms with van der Waals surface area (Å²) in [7, 11) is -3.80. The Hall–Kier alpha value is -0.910. The van der Waals surface area contributed by atoms with Crippen LogP contribution in [0.3, 0.4) is 0 Å². The van der Waals surface area contributed by atoms with Crippen LogP contribution in [0.2, 0.25) is 0 Å². The van der Waals surface area contributed by atoms with Crippen LogP contribution < -0.4 is 5.73 Å². The third-order valence-electron chi connectivity index (χ3n) is 1.89. The van der Waals surface area contributed by atoms with E-state index in [4.69, 9.17) is 15.9 Å². The molecule has 0 fully saturated rings. The second kappa shape index (κ2) is 5.25. The Morgan fingerprint density at radius 1 is 1.40 bits per heavy atom. The maximum atomic E-state index is 11.4. The van der Waals surface area contributed by atoms with E-state index in [9.17, 15) is 19.0 Å². The molecule has 3 atom stereocenters. The lowest BCUT2D eigenvalue weighted by molar-refractivity contribution is -0.147. The summed E-state index contributed by atoms with van der Waals surface area (Å²) in [6.45, 7) is 1.28. The summed E-state index contributed by atoms with van der Waals surface area (Å²) in [5.41, 5.74) is 5.20. The summed E-state index contributed by atoms with van der Waals surface area (Å²) < 4.78 is 11.4. The summed E-state index contributed by atoms with van der Waals surface area (Å²) in [6, 6.07) is 0. The smallest absolute Gasteiger partial charge is 0.307 e. The van der Waals surface area contributed by atoms with Crippen molar-refractivity contribution in [1.82, 2.24) is 0 Å². The fraction of sp³-hybridized carbons (Fsp3) is 0.714. The molecule has 0 rings (SSSR count). The van der Waals surface area contributed by atoms with Gasteiger partial charge in [-0.05, 0) is 6.92 Å². The van der Waals surface area contributed by atoms with Gasteiger partial charge in [-0.2, -0.15) is 0 Å². The van der Waals surface area contributed by atoms with Crippen LogP contribution in [0.5, 0.6) is 0 Å². The highest BCUT2D eigenvalue weighted by Crippen LogP contribution is 2.45. The third kappa shape index (κ3) is 4.92. The van der Waals surface area contributed by atoms with E-state index in [1.54, 1.807) is 0 Å². The number of nitrogens with two attached hydrogens (primary N) is 1. The molecular formula is C7H14NO6P.